The molecule has 1 unspecified atom stereocenters. The van der Waals surface area contributed by atoms with Crippen LogP contribution in [0, 0.1) is 0 Å². The zero-order valence-corrected chi connectivity index (χ0v) is 14.3. The summed E-state index contributed by atoms with van der Waals surface area (Å²) in [5.74, 6) is 0. The Morgan fingerprint density at radius 2 is 1.33 bits per heavy atom. The normalized spacial score (nSPS) is 13.8. The van der Waals surface area contributed by atoms with Gasteiger partial charge in [0.05, 0.1) is 0 Å². The lowest BCUT2D eigenvalue weighted by molar-refractivity contribution is 0.231. The van der Waals surface area contributed by atoms with E-state index in [2.05, 4.69) is 20.4 Å². The van der Waals surface area contributed by atoms with Crippen molar-refractivity contribution in [1.29, 1.82) is 0 Å². The maximum atomic E-state index is 5.67. The van der Waals surface area contributed by atoms with Crippen LogP contribution in [0.1, 0.15) is 71.6 Å². The molecule has 0 rings (SSSR count). The van der Waals surface area contributed by atoms with Crippen LogP contribution in [0.4, 0.5) is 0 Å². The van der Waals surface area contributed by atoms with Crippen LogP contribution in [0.5, 0.6) is 0 Å². The van der Waals surface area contributed by atoms with Crippen molar-refractivity contribution < 1.29 is 8.85 Å². The Bertz CT molecular complexity index is 181. The molecule has 0 radical (unpaired) electrons. The van der Waals surface area contributed by atoms with Gasteiger partial charge in [0.25, 0.3) is 0 Å². The summed E-state index contributed by atoms with van der Waals surface area (Å²) in [5.41, 5.74) is 0.642. The van der Waals surface area contributed by atoms with Gasteiger partial charge in [-0.15, -0.1) is 0 Å². The quantitative estimate of drug-likeness (QED) is 0.356. The molecule has 0 aromatic carbocycles. The zero-order chi connectivity index (χ0) is 13.9. The third-order valence-electron chi connectivity index (χ3n) is 4.20. The molecule has 0 amide bonds. The van der Waals surface area contributed by atoms with E-state index in [0.29, 0.717) is 5.54 Å². The fourth-order valence-corrected chi connectivity index (χ4v) is 4.91. The van der Waals surface area contributed by atoms with E-state index >= 15 is 0 Å². The first-order chi connectivity index (χ1) is 8.64. The van der Waals surface area contributed by atoms with Crippen molar-refractivity contribution in [2.45, 2.75) is 83.7 Å². The SMILES string of the molecule is CCCCCCCCCC(CC)[Si](C)(OC)OC. The van der Waals surface area contributed by atoms with Gasteiger partial charge in [0.1, 0.15) is 0 Å². The molecule has 0 bridgehead atoms. The van der Waals surface area contributed by atoms with E-state index in [0.717, 1.165) is 0 Å². The van der Waals surface area contributed by atoms with E-state index in [1.807, 2.05) is 14.2 Å². The Morgan fingerprint density at radius 1 is 0.833 bits per heavy atom. The highest BCUT2D eigenvalue weighted by Gasteiger charge is 2.37. The molecule has 0 spiro atoms. The highest BCUT2D eigenvalue weighted by atomic mass is 28.4. The number of hydrogen-bond donors (Lipinski definition) is 0. The van der Waals surface area contributed by atoms with E-state index in [-0.39, 0.29) is 0 Å². The predicted octanol–water partition coefficient (Wildman–Crippen LogP) is 5.27. The molecule has 0 aliphatic carbocycles. The second-order valence-electron chi connectivity index (χ2n) is 5.44. The van der Waals surface area contributed by atoms with Gasteiger partial charge in [-0.1, -0.05) is 65.2 Å². The molecule has 1 atom stereocenters. The molecule has 0 aromatic heterocycles. The van der Waals surface area contributed by atoms with Gasteiger partial charge in [0.2, 0.25) is 0 Å². The van der Waals surface area contributed by atoms with Gasteiger partial charge < -0.3 is 8.85 Å². The molecule has 0 heterocycles. The first-order valence-corrected chi connectivity index (χ1v) is 10.1. The average Bonchev–Trinajstić information content (AvgIpc) is 2.41. The zero-order valence-electron chi connectivity index (χ0n) is 13.3. The summed E-state index contributed by atoms with van der Waals surface area (Å²) in [6.45, 7) is 6.73. The Kier molecular flexibility index (Phi) is 11.1. The second-order valence-corrected chi connectivity index (χ2v) is 9.10. The van der Waals surface area contributed by atoms with Crippen molar-refractivity contribution in [2.24, 2.45) is 0 Å². The first-order valence-electron chi connectivity index (χ1n) is 7.74. The molecule has 0 aromatic rings. The molecule has 0 saturated heterocycles. The molecule has 0 N–H and O–H groups in total. The molecule has 110 valence electrons. The van der Waals surface area contributed by atoms with Crippen molar-refractivity contribution in [3.8, 4) is 0 Å². The lowest BCUT2D eigenvalue weighted by atomic mass is 10.1. The standard InChI is InChI=1S/C15H34O2Si/c1-6-8-9-10-11-12-13-14-15(7-2)18(5,16-3)17-4/h15H,6-14H2,1-5H3. The van der Waals surface area contributed by atoms with Crippen LogP contribution >= 0.6 is 0 Å². The van der Waals surface area contributed by atoms with Crippen LogP contribution in [0.3, 0.4) is 0 Å². The lowest BCUT2D eigenvalue weighted by Gasteiger charge is -2.31. The van der Waals surface area contributed by atoms with Crippen LogP contribution in [-0.4, -0.2) is 22.8 Å². The summed E-state index contributed by atoms with van der Waals surface area (Å²) in [7, 11) is 1.71. The maximum Gasteiger partial charge on any atom is 0.337 e. The predicted molar refractivity (Wildman–Crippen MR) is 82.3 cm³/mol. The van der Waals surface area contributed by atoms with E-state index in [4.69, 9.17) is 8.85 Å². The molecule has 0 fully saturated rings. The first kappa shape index (κ1) is 18.1. The van der Waals surface area contributed by atoms with Crippen molar-refractivity contribution >= 4 is 8.56 Å². The summed E-state index contributed by atoms with van der Waals surface area (Å²) in [6, 6.07) is 0. The van der Waals surface area contributed by atoms with Gasteiger partial charge in [-0.2, -0.15) is 0 Å². The van der Waals surface area contributed by atoms with Crippen LogP contribution in [0.15, 0.2) is 0 Å². The summed E-state index contributed by atoms with van der Waals surface area (Å²) in [4.78, 5) is 0. The number of rotatable bonds is 12. The fourth-order valence-electron chi connectivity index (χ4n) is 2.60. The molecule has 18 heavy (non-hydrogen) atoms. The lowest BCUT2D eigenvalue weighted by Crippen LogP contribution is -2.41. The third kappa shape index (κ3) is 6.91. The van der Waals surface area contributed by atoms with Crippen molar-refractivity contribution in [3.05, 3.63) is 0 Å². The minimum Gasteiger partial charge on any atom is -0.398 e. The topological polar surface area (TPSA) is 18.5 Å². The molecular weight excluding hydrogens is 240 g/mol. The summed E-state index contributed by atoms with van der Waals surface area (Å²) in [6.07, 6.45) is 12.1. The van der Waals surface area contributed by atoms with E-state index in [1.165, 1.54) is 57.8 Å². The van der Waals surface area contributed by atoms with Crippen molar-refractivity contribution in [2.75, 3.05) is 14.2 Å². The van der Waals surface area contributed by atoms with Gasteiger partial charge in [-0.3, -0.25) is 0 Å². The van der Waals surface area contributed by atoms with E-state index in [9.17, 15) is 0 Å². The van der Waals surface area contributed by atoms with Crippen LogP contribution in [-0.2, 0) is 8.85 Å². The number of unbranched alkanes of at least 4 members (excludes halogenated alkanes) is 6. The van der Waals surface area contributed by atoms with Crippen molar-refractivity contribution in [3.63, 3.8) is 0 Å². The minimum atomic E-state index is -1.91. The van der Waals surface area contributed by atoms with Crippen LogP contribution in [0.2, 0.25) is 12.1 Å². The Morgan fingerprint density at radius 3 is 1.78 bits per heavy atom. The Labute approximate surface area is 116 Å². The Hall–Kier alpha value is 0.137. The highest BCUT2D eigenvalue weighted by molar-refractivity contribution is 6.67. The van der Waals surface area contributed by atoms with Crippen LogP contribution in [0.25, 0.3) is 0 Å². The van der Waals surface area contributed by atoms with Gasteiger partial charge in [-0.05, 0) is 13.0 Å². The average molecular weight is 275 g/mol. The molecule has 3 heteroatoms. The molecule has 0 aliphatic rings. The molecule has 2 nitrogen and oxygen atoms in total. The third-order valence-corrected chi connectivity index (χ3v) is 8.00. The minimum absolute atomic E-state index is 0.642. The van der Waals surface area contributed by atoms with Gasteiger partial charge in [-0.25, -0.2) is 0 Å². The van der Waals surface area contributed by atoms with E-state index in [1.54, 1.807) is 0 Å². The Balaban J connectivity index is 3.74. The second kappa shape index (κ2) is 11.0. The van der Waals surface area contributed by atoms with Crippen LogP contribution < -0.4 is 0 Å². The van der Waals surface area contributed by atoms with Gasteiger partial charge >= 0.3 is 8.56 Å². The van der Waals surface area contributed by atoms with Crippen molar-refractivity contribution in [1.82, 2.24) is 0 Å². The molecule has 0 aliphatic heterocycles. The maximum absolute atomic E-state index is 5.67. The molecular formula is C15H34O2Si. The van der Waals surface area contributed by atoms with E-state index < -0.39 is 8.56 Å². The van der Waals surface area contributed by atoms with Gasteiger partial charge in [0.15, 0.2) is 0 Å². The smallest absolute Gasteiger partial charge is 0.337 e. The van der Waals surface area contributed by atoms with Gasteiger partial charge in [0, 0.05) is 19.8 Å². The monoisotopic (exact) mass is 274 g/mol. The molecule has 0 saturated carbocycles. The highest BCUT2D eigenvalue weighted by Crippen LogP contribution is 2.31. The summed E-state index contributed by atoms with van der Waals surface area (Å²) in [5, 5.41) is 0. The largest absolute Gasteiger partial charge is 0.398 e. The summed E-state index contributed by atoms with van der Waals surface area (Å²) < 4.78 is 11.3. The fraction of sp³-hybridized carbons (Fsp3) is 1.00. The summed E-state index contributed by atoms with van der Waals surface area (Å²) >= 11 is 0. The number of hydrogen-bond acceptors (Lipinski definition) is 2.